The minimum absolute atomic E-state index is 0.258. The van der Waals surface area contributed by atoms with E-state index in [1.807, 2.05) is 13.0 Å². The topological polar surface area (TPSA) is 63.8 Å². The lowest BCUT2D eigenvalue weighted by molar-refractivity contribution is 0.403. The van der Waals surface area contributed by atoms with Crippen LogP contribution in [-0.4, -0.2) is 22.1 Å². The molecule has 1 aromatic heterocycles. The second kappa shape index (κ2) is 4.57. The lowest BCUT2D eigenvalue weighted by Crippen LogP contribution is -2.42. The molecule has 0 aromatic carbocycles. The number of nitrogens with zero attached hydrogens (tertiary/aromatic N) is 2. The highest BCUT2D eigenvalue weighted by molar-refractivity contribution is 5.34. The molecule has 0 unspecified atom stereocenters. The monoisotopic (exact) mass is 206 g/mol. The lowest BCUT2D eigenvalue weighted by atomic mass is 9.91. The molecule has 0 spiro atoms. The Morgan fingerprint density at radius 1 is 1.40 bits per heavy atom. The number of hydrogen-bond donors (Lipinski definition) is 2. The van der Waals surface area contributed by atoms with Gasteiger partial charge in [0.15, 0.2) is 0 Å². The van der Waals surface area contributed by atoms with Crippen LogP contribution in [0.3, 0.4) is 0 Å². The Balaban J connectivity index is 2.01. The van der Waals surface area contributed by atoms with E-state index in [1.165, 1.54) is 12.8 Å². The number of anilines is 1. The first-order valence-electron chi connectivity index (χ1n) is 5.57. The van der Waals surface area contributed by atoms with Crippen molar-refractivity contribution >= 4 is 5.82 Å². The molecule has 0 saturated heterocycles. The maximum absolute atomic E-state index is 6.06. The van der Waals surface area contributed by atoms with Gasteiger partial charge in [0.1, 0.15) is 11.6 Å². The van der Waals surface area contributed by atoms with Gasteiger partial charge >= 0.3 is 0 Å². The molecule has 1 saturated carbocycles. The average molecular weight is 206 g/mol. The second-order valence-electron chi connectivity index (χ2n) is 4.19. The first-order chi connectivity index (χ1) is 7.25. The number of nitrogens with two attached hydrogens (primary N) is 1. The molecule has 4 heteroatoms. The zero-order valence-corrected chi connectivity index (χ0v) is 9.11. The van der Waals surface area contributed by atoms with Gasteiger partial charge in [0.25, 0.3) is 0 Å². The number of nitrogens with one attached hydrogen (secondary N) is 1. The molecule has 2 atom stereocenters. The van der Waals surface area contributed by atoms with E-state index in [0.29, 0.717) is 6.04 Å². The molecule has 1 heterocycles. The SMILES string of the molecule is Cc1nccc(N[C@@H]2CCCC[C@H]2N)n1. The maximum atomic E-state index is 6.06. The molecule has 1 aliphatic rings. The third-order valence-electron chi connectivity index (χ3n) is 2.93. The zero-order valence-electron chi connectivity index (χ0n) is 9.11. The summed E-state index contributed by atoms with van der Waals surface area (Å²) in [6.07, 6.45) is 6.54. The predicted molar refractivity (Wildman–Crippen MR) is 60.6 cm³/mol. The first kappa shape index (κ1) is 10.4. The fraction of sp³-hybridized carbons (Fsp3) is 0.636. The van der Waals surface area contributed by atoms with Gasteiger partial charge in [-0.15, -0.1) is 0 Å². The zero-order chi connectivity index (χ0) is 10.7. The predicted octanol–water partition coefficient (Wildman–Crippen LogP) is 1.47. The Bertz CT molecular complexity index is 326. The molecule has 1 aromatic rings. The molecular weight excluding hydrogens is 188 g/mol. The van der Waals surface area contributed by atoms with Crippen LogP contribution in [0.25, 0.3) is 0 Å². The molecular formula is C11H18N4. The summed E-state index contributed by atoms with van der Waals surface area (Å²) in [4.78, 5) is 8.39. The van der Waals surface area contributed by atoms with Gasteiger partial charge in [-0.3, -0.25) is 0 Å². The van der Waals surface area contributed by atoms with Crippen molar-refractivity contribution in [3.05, 3.63) is 18.1 Å². The van der Waals surface area contributed by atoms with E-state index in [0.717, 1.165) is 24.5 Å². The Kier molecular flexibility index (Phi) is 3.16. The molecule has 0 radical (unpaired) electrons. The molecule has 15 heavy (non-hydrogen) atoms. The summed E-state index contributed by atoms with van der Waals surface area (Å²) in [6.45, 7) is 1.89. The van der Waals surface area contributed by atoms with Gasteiger partial charge in [-0.1, -0.05) is 12.8 Å². The van der Waals surface area contributed by atoms with Crippen LogP contribution >= 0.6 is 0 Å². The molecule has 2 rings (SSSR count). The van der Waals surface area contributed by atoms with Gasteiger partial charge in [-0.05, 0) is 25.8 Å². The smallest absolute Gasteiger partial charge is 0.129 e. The largest absolute Gasteiger partial charge is 0.366 e. The number of aromatic nitrogens is 2. The standard InChI is InChI=1S/C11H18N4/c1-8-13-7-6-11(14-8)15-10-5-3-2-4-9(10)12/h6-7,9-10H,2-5,12H2,1H3,(H,13,14,15)/t9-,10-/m1/s1. The van der Waals surface area contributed by atoms with Crippen LogP contribution < -0.4 is 11.1 Å². The van der Waals surface area contributed by atoms with Crippen molar-refractivity contribution in [3.8, 4) is 0 Å². The van der Waals surface area contributed by atoms with E-state index in [2.05, 4.69) is 15.3 Å². The van der Waals surface area contributed by atoms with Crippen molar-refractivity contribution in [2.24, 2.45) is 5.73 Å². The Labute approximate surface area is 90.3 Å². The Morgan fingerprint density at radius 2 is 2.20 bits per heavy atom. The van der Waals surface area contributed by atoms with Crippen LogP contribution in [0.5, 0.6) is 0 Å². The van der Waals surface area contributed by atoms with E-state index in [1.54, 1.807) is 6.20 Å². The lowest BCUT2D eigenvalue weighted by Gasteiger charge is -2.29. The van der Waals surface area contributed by atoms with Crippen molar-refractivity contribution < 1.29 is 0 Å². The van der Waals surface area contributed by atoms with E-state index >= 15 is 0 Å². The van der Waals surface area contributed by atoms with Gasteiger partial charge in [0.2, 0.25) is 0 Å². The van der Waals surface area contributed by atoms with Gasteiger partial charge in [-0.2, -0.15) is 0 Å². The van der Waals surface area contributed by atoms with Crippen LogP contribution in [0.2, 0.25) is 0 Å². The van der Waals surface area contributed by atoms with Crippen molar-refractivity contribution in [1.82, 2.24) is 9.97 Å². The second-order valence-corrected chi connectivity index (χ2v) is 4.19. The molecule has 3 N–H and O–H groups in total. The number of rotatable bonds is 2. The summed E-state index contributed by atoms with van der Waals surface area (Å²) >= 11 is 0. The maximum Gasteiger partial charge on any atom is 0.129 e. The molecule has 0 amide bonds. The van der Waals surface area contributed by atoms with Crippen LogP contribution in [-0.2, 0) is 0 Å². The van der Waals surface area contributed by atoms with Crippen LogP contribution in [0.1, 0.15) is 31.5 Å². The van der Waals surface area contributed by atoms with Crippen LogP contribution in [0.4, 0.5) is 5.82 Å². The average Bonchev–Trinajstić information content (AvgIpc) is 2.22. The molecule has 0 bridgehead atoms. The Hall–Kier alpha value is -1.16. The third kappa shape index (κ3) is 2.65. The van der Waals surface area contributed by atoms with Crippen molar-refractivity contribution in [1.29, 1.82) is 0 Å². The van der Waals surface area contributed by atoms with E-state index in [4.69, 9.17) is 5.73 Å². The highest BCUT2D eigenvalue weighted by Gasteiger charge is 2.21. The fourth-order valence-corrected chi connectivity index (χ4v) is 2.07. The van der Waals surface area contributed by atoms with Gasteiger partial charge in [-0.25, -0.2) is 9.97 Å². The summed E-state index contributed by atoms with van der Waals surface area (Å²) in [5.41, 5.74) is 6.06. The molecule has 1 fully saturated rings. The molecule has 0 aliphatic heterocycles. The third-order valence-corrected chi connectivity index (χ3v) is 2.93. The summed E-state index contributed by atoms with van der Waals surface area (Å²) in [5, 5.41) is 3.40. The number of hydrogen-bond acceptors (Lipinski definition) is 4. The van der Waals surface area contributed by atoms with Crippen molar-refractivity contribution in [2.75, 3.05) is 5.32 Å². The minimum atomic E-state index is 0.258. The van der Waals surface area contributed by atoms with E-state index in [-0.39, 0.29) is 6.04 Å². The quantitative estimate of drug-likeness (QED) is 0.769. The van der Waals surface area contributed by atoms with E-state index < -0.39 is 0 Å². The highest BCUT2D eigenvalue weighted by Crippen LogP contribution is 2.19. The Morgan fingerprint density at radius 3 is 2.93 bits per heavy atom. The molecule has 82 valence electrons. The normalized spacial score (nSPS) is 26.3. The van der Waals surface area contributed by atoms with Gasteiger partial charge < -0.3 is 11.1 Å². The van der Waals surface area contributed by atoms with Gasteiger partial charge in [0, 0.05) is 18.3 Å². The molecule has 1 aliphatic carbocycles. The molecule has 4 nitrogen and oxygen atoms in total. The van der Waals surface area contributed by atoms with E-state index in [9.17, 15) is 0 Å². The van der Waals surface area contributed by atoms with Crippen molar-refractivity contribution in [3.63, 3.8) is 0 Å². The summed E-state index contributed by atoms with van der Waals surface area (Å²) in [6, 6.07) is 2.52. The van der Waals surface area contributed by atoms with Crippen molar-refractivity contribution in [2.45, 2.75) is 44.7 Å². The number of aryl methyl sites for hydroxylation is 1. The minimum Gasteiger partial charge on any atom is -0.366 e. The highest BCUT2D eigenvalue weighted by atomic mass is 15.1. The van der Waals surface area contributed by atoms with Crippen LogP contribution in [0.15, 0.2) is 12.3 Å². The van der Waals surface area contributed by atoms with Crippen LogP contribution in [0, 0.1) is 6.92 Å². The first-order valence-corrected chi connectivity index (χ1v) is 5.57. The van der Waals surface area contributed by atoms with Gasteiger partial charge in [0.05, 0.1) is 0 Å². The summed E-state index contributed by atoms with van der Waals surface area (Å²) < 4.78 is 0. The fourth-order valence-electron chi connectivity index (χ4n) is 2.07. The summed E-state index contributed by atoms with van der Waals surface area (Å²) in [7, 11) is 0. The summed E-state index contributed by atoms with van der Waals surface area (Å²) in [5.74, 6) is 1.69.